The van der Waals surface area contributed by atoms with Crippen molar-refractivity contribution < 1.29 is 14.3 Å². The predicted octanol–water partition coefficient (Wildman–Crippen LogP) is 1.19. The highest BCUT2D eigenvalue weighted by molar-refractivity contribution is 5.90. The molecule has 1 unspecified atom stereocenters. The third-order valence-electron chi connectivity index (χ3n) is 2.75. The number of nitrogens with one attached hydrogen (secondary N) is 2. The number of hydrogen-bond donors (Lipinski definition) is 3. The molecule has 1 aliphatic heterocycles. The molecule has 6 heteroatoms. The van der Waals surface area contributed by atoms with Gasteiger partial charge in [-0.1, -0.05) is 0 Å². The predicted molar refractivity (Wildman–Crippen MR) is 68.8 cm³/mol. The van der Waals surface area contributed by atoms with Gasteiger partial charge in [-0.2, -0.15) is 0 Å². The minimum Gasteiger partial charge on any atom is -0.495 e. The van der Waals surface area contributed by atoms with Crippen molar-refractivity contribution in [3.63, 3.8) is 0 Å². The van der Waals surface area contributed by atoms with Gasteiger partial charge in [-0.15, -0.1) is 0 Å². The summed E-state index contributed by atoms with van der Waals surface area (Å²) in [6.07, 6.45) is 0.845. The SMILES string of the molecule is COc1ccc(NC(=O)NC2CCOC2)cc1N. The number of nitrogen functional groups attached to an aromatic ring is 1. The summed E-state index contributed by atoms with van der Waals surface area (Å²) in [6.45, 7) is 1.26. The van der Waals surface area contributed by atoms with Gasteiger partial charge in [-0.25, -0.2) is 4.79 Å². The van der Waals surface area contributed by atoms with Crippen LogP contribution in [-0.4, -0.2) is 32.4 Å². The average Bonchev–Trinajstić information content (AvgIpc) is 2.82. The van der Waals surface area contributed by atoms with Crippen LogP contribution in [0.3, 0.4) is 0 Å². The second-order valence-electron chi connectivity index (χ2n) is 4.12. The number of ether oxygens (including phenoxy) is 2. The minimum absolute atomic E-state index is 0.0839. The summed E-state index contributed by atoms with van der Waals surface area (Å²) in [5, 5.41) is 5.55. The standard InChI is InChI=1S/C12H17N3O3/c1-17-11-3-2-8(6-10(11)13)14-12(16)15-9-4-5-18-7-9/h2-3,6,9H,4-5,7,13H2,1H3,(H2,14,15,16). The Kier molecular flexibility index (Phi) is 3.88. The van der Waals surface area contributed by atoms with Crippen LogP contribution in [0.15, 0.2) is 18.2 Å². The van der Waals surface area contributed by atoms with E-state index in [9.17, 15) is 4.79 Å². The molecule has 0 spiro atoms. The molecular formula is C12H17N3O3. The first-order valence-electron chi connectivity index (χ1n) is 5.78. The summed E-state index contributed by atoms with van der Waals surface area (Å²) in [7, 11) is 1.55. The van der Waals surface area contributed by atoms with Gasteiger partial charge >= 0.3 is 6.03 Å². The number of methoxy groups -OCH3 is 1. The Labute approximate surface area is 105 Å². The van der Waals surface area contributed by atoms with Gasteiger partial charge in [-0.05, 0) is 24.6 Å². The molecule has 2 rings (SSSR count). The highest BCUT2D eigenvalue weighted by Crippen LogP contribution is 2.24. The molecule has 6 nitrogen and oxygen atoms in total. The van der Waals surface area contributed by atoms with E-state index in [1.54, 1.807) is 25.3 Å². The van der Waals surface area contributed by atoms with Crippen LogP contribution in [0.2, 0.25) is 0 Å². The van der Waals surface area contributed by atoms with Gasteiger partial charge in [0.1, 0.15) is 5.75 Å². The van der Waals surface area contributed by atoms with Gasteiger partial charge in [0.2, 0.25) is 0 Å². The summed E-state index contributed by atoms with van der Waals surface area (Å²) in [5.74, 6) is 0.588. The first kappa shape index (κ1) is 12.5. The molecule has 18 heavy (non-hydrogen) atoms. The van der Waals surface area contributed by atoms with E-state index >= 15 is 0 Å². The van der Waals surface area contributed by atoms with Crippen molar-refractivity contribution in [1.29, 1.82) is 0 Å². The van der Waals surface area contributed by atoms with Crippen LogP contribution in [0.5, 0.6) is 5.75 Å². The lowest BCUT2D eigenvalue weighted by Crippen LogP contribution is -2.38. The Morgan fingerprint density at radius 1 is 1.56 bits per heavy atom. The number of anilines is 2. The van der Waals surface area contributed by atoms with Gasteiger partial charge in [0, 0.05) is 12.3 Å². The van der Waals surface area contributed by atoms with Crippen LogP contribution >= 0.6 is 0 Å². The second-order valence-corrected chi connectivity index (χ2v) is 4.12. The van der Waals surface area contributed by atoms with Crippen molar-refractivity contribution in [3.8, 4) is 5.75 Å². The molecule has 1 aliphatic rings. The van der Waals surface area contributed by atoms with Crippen molar-refractivity contribution in [2.75, 3.05) is 31.4 Å². The van der Waals surface area contributed by atoms with Crippen molar-refractivity contribution in [2.24, 2.45) is 0 Å². The van der Waals surface area contributed by atoms with E-state index in [1.807, 2.05) is 0 Å². The first-order chi connectivity index (χ1) is 8.69. The highest BCUT2D eigenvalue weighted by atomic mass is 16.5. The van der Waals surface area contributed by atoms with Gasteiger partial charge in [0.05, 0.1) is 25.4 Å². The molecule has 98 valence electrons. The molecule has 1 atom stereocenters. The number of urea groups is 1. The molecule has 2 amide bonds. The Morgan fingerprint density at radius 3 is 3.00 bits per heavy atom. The van der Waals surface area contributed by atoms with Crippen molar-refractivity contribution >= 4 is 17.4 Å². The molecule has 0 bridgehead atoms. The maximum atomic E-state index is 11.7. The van der Waals surface area contributed by atoms with E-state index in [4.69, 9.17) is 15.2 Å². The molecule has 1 aromatic carbocycles. The van der Waals surface area contributed by atoms with Crippen molar-refractivity contribution in [2.45, 2.75) is 12.5 Å². The monoisotopic (exact) mass is 251 g/mol. The van der Waals surface area contributed by atoms with E-state index in [2.05, 4.69) is 10.6 Å². The van der Waals surface area contributed by atoms with E-state index in [1.165, 1.54) is 0 Å². The van der Waals surface area contributed by atoms with E-state index in [-0.39, 0.29) is 12.1 Å². The zero-order chi connectivity index (χ0) is 13.0. The number of hydrogen-bond acceptors (Lipinski definition) is 4. The minimum atomic E-state index is -0.255. The van der Waals surface area contributed by atoms with Crippen LogP contribution in [0.1, 0.15) is 6.42 Å². The van der Waals surface area contributed by atoms with Gasteiger partial charge in [0.25, 0.3) is 0 Å². The molecule has 1 heterocycles. The lowest BCUT2D eigenvalue weighted by Gasteiger charge is -2.12. The Balaban J connectivity index is 1.92. The Bertz CT molecular complexity index is 431. The second kappa shape index (κ2) is 5.59. The van der Waals surface area contributed by atoms with Gasteiger partial charge in [-0.3, -0.25) is 0 Å². The smallest absolute Gasteiger partial charge is 0.319 e. The summed E-state index contributed by atoms with van der Waals surface area (Å²) in [5.41, 5.74) is 6.87. The number of carbonyl (C=O) groups excluding carboxylic acids is 1. The van der Waals surface area contributed by atoms with Crippen LogP contribution in [0.25, 0.3) is 0 Å². The summed E-state index contributed by atoms with van der Waals surface area (Å²) >= 11 is 0. The normalized spacial score (nSPS) is 18.4. The molecule has 0 aromatic heterocycles. The largest absolute Gasteiger partial charge is 0.495 e. The molecule has 0 saturated carbocycles. The fourth-order valence-corrected chi connectivity index (χ4v) is 1.81. The fraction of sp³-hybridized carbons (Fsp3) is 0.417. The number of amides is 2. The molecule has 1 aromatic rings. The van der Waals surface area contributed by atoms with E-state index in [0.29, 0.717) is 30.3 Å². The maximum Gasteiger partial charge on any atom is 0.319 e. The number of rotatable bonds is 3. The summed E-state index contributed by atoms with van der Waals surface area (Å²) < 4.78 is 10.2. The summed E-state index contributed by atoms with van der Waals surface area (Å²) in [6, 6.07) is 4.93. The van der Waals surface area contributed by atoms with Gasteiger partial charge in [0.15, 0.2) is 0 Å². The van der Waals surface area contributed by atoms with Crippen molar-refractivity contribution in [3.05, 3.63) is 18.2 Å². The summed E-state index contributed by atoms with van der Waals surface area (Å²) in [4.78, 5) is 11.7. The lowest BCUT2D eigenvalue weighted by atomic mass is 10.2. The topological polar surface area (TPSA) is 85.6 Å². The lowest BCUT2D eigenvalue weighted by molar-refractivity contribution is 0.189. The van der Waals surface area contributed by atoms with Crippen LogP contribution in [-0.2, 0) is 4.74 Å². The molecular weight excluding hydrogens is 234 g/mol. The van der Waals surface area contributed by atoms with E-state index < -0.39 is 0 Å². The van der Waals surface area contributed by atoms with Gasteiger partial charge < -0.3 is 25.8 Å². The number of carbonyl (C=O) groups is 1. The van der Waals surface area contributed by atoms with Crippen LogP contribution in [0, 0.1) is 0 Å². The first-order valence-corrected chi connectivity index (χ1v) is 5.78. The quantitative estimate of drug-likeness (QED) is 0.704. The third-order valence-corrected chi connectivity index (χ3v) is 2.75. The molecule has 0 aliphatic carbocycles. The van der Waals surface area contributed by atoms with Crippen LogP contribution in [0.4, 0.5) is 16.2 Å². The molecule has 0 radical (unpaired) electrons. The zero-order valence-electron chi connectivity index (χ0n) is 10.2. The van der Waals surface area contributed by atoms with Crippen molar-refractivity contribution in [1.82, 2.24) is 5.32 Å². The fourth-order valence-electron chi connectivity index (χ4n) is 1.81. The Hall–Kier alpha value is -1.95. The molecule has 4 N–H and O–H groups in total. The number of nitrogens with two attached hydrogens (primary N) is 1. The Morgan fingerprint density at radius 2 is 2.39 bits per heavy atom. The molecule has 1 saturated heterocycles. The van der Waals surface area contributed by atoms with E-state index in [0.717, 1.165) is 6.42 Å². The maximum absolute atomic E-state index is 11.7. The van der Waals surface area contributed by atoms with Crippen LogP contribution < -0.4 is 21.1 Å². The molecule has 1 fully saturated rings. The number of benzene rings is 1. The average molecular weight is 251 g/mol. The highest BCUT2D eigenvalue weighted by Gasteiger charge is 2.17. The zero-order valence-corrected chi connectivity index (χ0v) is 10.2. The third kappa shape index (κ3) is 3.04.